The standard InChI is InChI=1S/C22H19N5O3S2/c1-31-19-8-14(17-11-25-20-4-2-3-15(9-23)27(17)20)7-18(16(19)10-24)30-12-22(26-21(28)29)5-6-32-13-22/h2-4,7-8,11,26H,5-6,12-13H2,1H3,(H,28,29). The number of benzene rings is 1. The van der Waals surface area contributed by atoms with Gasteiger partial charge in [-0.05, 0) is 42.7 Å². The third-order valence-corrected chi connectivity index (χ3v) is 7.33. The van der Waals surface area contributed by atoms with Crippen molar-refractivity contribution in [3.63, 3.8) is 0 Å². The Hall–Kier alpha value is -3.34. The van der Waals surface area contributed by atoms with Gasteiger partial charge in [0.15, 0.2) is 0 Å². The summed E-state index contributed by atoms with van der Waals surface area (Å²) in [5.41, 5.74) is 2.24. The summed E-state index contributed by atoms with van der Waals surface area (Å²) in [6.45, 7) is 0.120. The second-order valence-corrected chi connectivity index (χ2v) is 9.28. The Labute approximate surface area is 193 Å². The average Bonchev–Trinajstić information content (AvgIpc) is 3.44. The predicted molar refractivity (Wildman–Crippen MR) is 123 cm³/mol. The molecule has 1 aliphatic heterocycles. The fourth-order valence-corrected chi connectivity index (χ4v) is 5.71. The molecular formula is C22H19N5O3S2. The molecule has 1 amide bonds. The minimum atomic E-state index is -1.09. The maximum absolute atomic E-state index is 11.3. The predicted octanol–water partition coefficient (Wildman–Crippen LogP) is 3.99. The van der Waals surface area contributed by atoms with Gasteiger partial charge in [-0.25, -0.2) is 9.78 Å². The summed E-state index contributed by atoms with van der Waals surface area (Å²) in [4.78, 5) is 16.5. The number of fused-ring (bicyclic) bond motifs is 1. The van der Waals surface area contributed by atoms with Crippen molar-refractivity contribution in [1.82, 2.24) is 14.7 Å². The monoisotopic (exact) mass is 465 g/mol. The molecule has 4 rings (SSSR count). The molecule has 1 atom stereocenters. The zero-order valence-corrected chi connectivity index (χ0v) is 18.8. The molecule has 1 aromatic carbocycles. The Morgan fingerprint density at radius 1 is 1.41 bits per heavy atom. The average molecular weight is 466 g/mol. The molecule has 0 spiro atoms. The summed E-state index contributed by atoms with van der Waals surface area (Å²) < 4.78 is 7.86. The number of amides is 1. The first-order chi connectivity index (χ1) is 15.5. The number of carbonyl (C=O) groups is 1. The van der Waals surface area contributed by atoms with Crippen molar-refractivity contribution in [2.45, 2.75) is 16.9 Å². The van der Waals surface area contributed by atoms with Gasteiger partial charge in [-0.15, -0.1) is 11.8 Å². The van der Waals surface area contributed by atoms with Gasteiger partial charge < -0.3 is 15.2 Å². The van der Waals surface area contributed by atoms with Crippen LogP contribution in [0.2, 0.25) is 0 Å². The van der Waals surface area contributed by atoms with Crippen molar-refractivity contribution in [3.8, 4) is 29.1 Å². The maximum Gasteiger partial charge on any atom is 0.405 e. The van der Waals surface area contributed by atoms with Crippen LogP contribution in [0.15, 0.2) is 41.4 Å². The zero-order valence-electron chi connectivity index (χ0n) is 17.2. The molecule has 1 saturated heterocycles. The van der Waals surface area contributed by atoms with Crippen molar-refractivity contribution >= 4 is 35.3 Å². The van der Waals surface area contributed by atoms with Crippen molar-refractivity contribution in [2.75, 3.05) is 24.4 Å². The maximum atomic E-state index is 11.3. The van der Waals surface area contributed by atoms with E-state index in [-0.39, 0.29) is 6.61 Å². The number of imidazole rings is 1. The van der Waals surface area contributed by atoms with Crippen LogP contribution in [-0.2, 0) is 0 Å². The van der Waals surface area contributed by atoms with Gasteiger partial charge in [0.25, 0.3) is 0 Å². The van der Waals surface area contributed by atoms with Gasteiger partial charge in [0.1, 0.15) is 41.4 Å². The number of thioether (sulfide) groups is 2. The summed E-state index contributed by atoms with van der Waals surface area (Å²) in [5, 5.41) is 31.2. The largest absolute Gasteiger partial charge is 0.490 e. The van der Waals surface area contributed by atoms with Crippen LogP contribution in [0.3, 0.4) is 0 Å². The molecular weight excluding hydrogens is 446 g/mol. The Bertz CT molecular complexity index is 1270. The fourth-order valence-electron chi connectivity index (χ4n) is 3.75. The highest BCUT2D eigenvalue weighted by molar-refractivity contribution is 7.99. The number of pyridine rings is 1. The second kappa shape index (κ2) is 9.03. The molecule has 32 heavy (non-hydrogen) atoms. The van der Waals surface area contributed by atoms with Crippen LogP contribution in [0.25, 0.3) is 16.9 Å². The van der Waals surface area contributed by atoms with E-state index in [1.54, 1.807) is 40.6 Å². The van der Waals surface area contributed by atoms with Gasteiger partial charge in [0, 0.05) is 16.2 Å². The first-order valence-electron chi connectivity index (χ1n) is 9.71. The number of rotatable bonds is 6. The highest BCUT2D eigenvalue weighted by atomic mass is 32.2. The van der Waals surface area contributed by atoms with Crippen molar-refractivity contribution in [2.24, 2.45) is 0 Å². The van der Waals surface area contributed by atoms with Crippen LogP contribution in [0.1, 0.15) is 17.7 Å². The van der Waals surface area contributed by atoms with E-state index in [1.165, 1.54) is 11.8 Å². The summed E-state index contributed by atoms with van der Waals surface area (Å²) in [6.07, 6.45) is 3.12. The molecule has 162 valence electrons. The highest BCUT2D eigenvalue weighted by Gasteiger charge is 2.37. The molecule has 1 unspecified atom stereocenters. The van der Waals surface area contributed by atoms with Crippen LogP contribution in [0.4, 0.5) is 4.79 Å². The number of hydrogen-bond donors (Lipinski definition) is 2. The molecule has 3 aromatic rings. The highest BCUT2D eigenvalue weighted by Crippen LogP contribution is 2.36. The first kappa shape index (κ1) is 21.9. The number of nitrogens with one attached hydrogen (secondary N) is 1. The van der Waals surface area contributed by atoms with Gasteiger partial charge in [0.2, 0.25) is 0 Å². The number of aromatic nitrogens is 2. The van der Waals surface area contributed by atoms with Gasteiger partial charge in [0.05, 0.1) is 17.4 Å². The number of nitrogens with zero attached hydrogens (tertiary/aromatic N) is 4. The lowest BCUT2D eigenvalue weighted by molar-refractivity contribution is 0.157. The normalized spacial score (nSPS) is 17.6. The Morgan fingerprint density at radius 2 is 2.25 bits per heavy atom. The topological polar surface area (TPSA) is 123 Å². The summed E-state index contributed by atoms with van der Waals surface area (Å²) in [6, 6.07) is 13.3. The first-order valence-corrected chi connectivity index (χ1v) is 12.1. The molecule has 0 saturated carbocycles. The molecule has 3 heterocycles. The Morgan fingerprint density at radius 3 is 2.91 bits per heavy atom. The molecule has 0 aliphatic carbocycles. The van der Waals surface area contributed by atoms with Crippen molar-refractivity contribution in [1.29, 1.82) is 10.5 Å². The Kier molecular flexibility index (Phi) is 6.17. The van der Waals surface area contributed by atoms with Crippen LogP contribution in [0, 0.1) is 22.7 Å². The SMILES string of the molecule is CSc1cc(-c2cnc3cccc(C#N)n23)cc(OCC2(NC(=O)O)CCSC2)c1C#N. The molecule has 1 fully saturated rings. The molecule has 2 aromatic heterocycles. The summed E-state index contributed by atoms with van der Waals surface area (Å²) in [5.74, 6) is 1.82. The van der Waals surface area contributed by atoms with Crippen LogP contribution in [0.5, 0.6) is 5.75 Å². The van der Waals surface area contributed by atoms with E-state index >= 15 is 0 Å². The lowest BCUT2D eigenvalue weighted by Gasteiger charge is -2.28. The van der Waals surface area contributed by atoms with Gasteiger partial charge in [-0.2, -0.15) is 22.3 Å². The second-order valence-electron chi connectivity index (χ2n) is 7.33. The minimum absolute atomic E-state index is 0.120. The minimum Gasteiger partial charge on any atom is -0.490 e. The summed E-state index contributed by atoms with van der Waals surface area (Å²) >= 11 is 3.08. The molecule has 2 N–H and O–H groups in total. The smallest absolute Gasteiger partial charge is 0.405 e. The number of ether oxygens (including phenoxy) is 1. The van der Waals surface area contributed by atoms with Crippen molar-refractivity contribution in [3.05, 3.63) is 47.8 Å². The molecule has 0 radical (unpaired) electrons. The number of carboxylic acid groups (broad SMARTS) is 1. The van der Waals surface area contributed by atoms with E-state index in [1.807, 2.05) is 18.4 Å². The number of hydrogen-bond acceptors (Lipinski definition) is 7. The van der Waals surface area contributed by atoms with E-state index in [9.17, 15) is 20.4 Å². The lowest BCUT2D eigenvalue weighted by atomic mass is 10.0. The van der Waals surface area contributed by atoms with E-state index in [4.69, 9.17) is 4.74 Å². The zero-order chi connectivity index (χ0) is 22.7. The lowest BCUT2D eigenvalue weighted by Crippen LogP contribution is -2.52. The van der Waals surface area contributed by atoms with Crippen molar-refractivity contribution < 1.29 is 14.6 Å². The fraction of sp³-hybridized carbons (Fsp3) is 0.273. The van der Waals surface area contributed by atoms with E-state index in [2.05, 4.69) is 22.4 Å². The van der Waals surface area contributed by atoms with Gasteiger partial charge >= 0.3 is 6.09 Å². The van der Waals surface area contributed by atoms with Gasteiger partial charge in [-0.1, -0.05) is 6.07 Å². The van der Waals surface area contributed by atoms with Crippen LogP contribution in [-0.4, -0.2) is 50.5 Å². The third-order valence-electron chi connectivity index (χ3n) is 5.32. The molecule has 8 nitrogen and oxygen atoms in total. The number of nitriles is 2. The molecule has 10 heteroatoms. The van der Waals surface area contributed by atoms with E-state index in [0.29, 0.717) is 40.5 Å². The Balaban J connectivity index is 1.78. The van der Waals surface area contributed by atoms with E-state index < -0.39 is 11.6 Å². The van der Waals surface area contributed by atoms with Crippen LogP contribution >= 0.6 is 23.5 Å². The quantitative estimate of drug-likeness (QED) is 0.524. The summed E-state index contributed by atoms with van der Waals surface area (Å²) in [7, 11) is 0. The van der Waals surface area contributed by atoms with Crippen LogP contribution < -0.4 is 10.1 Å². The van der Waals surface area contributed by atoms with Gasteiger partial charge in [-0.3, -0.25) is 4.40 Å². The molecule has 1 aliphatic rings. The van der Waals surface area contributed by atoms with E-state index in [0.717, 1.165) is 16.2 Å². The molecule has 0 bridgehead atoms. The third kappa shape index (κ3) is 4.07.